The first-order valence-corrected chi connectivity index (χ1v) is 6.56. The molecule has 1 atom stereocenters. The summed E-state index contributed by atoms with van der Waals surface area (Å²) >= 11 is 0. The number of nitrogens with two attached hydrogens (primary N) is 1. The molecule has 0 saturated carbocycles. The molecule has 3 nitrogen and oxygen atoms in total. The quantitative estimate of drug-likeness (QED) is 0.789. The van der Waals surface area contributed by atoms with Crippen LogP contribution in [0.4, 0.5) is 0 Å². The van der Waals surface area contributed by atoms with Crippen molar-refractivity contribution < 1.29 is 0 Å². The van der Waals surface area contributed by atoms with Crippen LogP contribution in [0, 0.1) is 5.92 Å². The minimum absolute atomic E-state index is 0.525. The van der Waals surface area contributed by atoms with Gasteiger partial charge in [-0.25, -0.2) is 0 Å². The topological polar surface area (TPSA) is 42.2 Å². The van der Waals surface area contributed by atoms with E-state index in [0.29, 0.717) is 6.54 Å². The van der Waals surface area contributed by atoms with Gasteiger partial charge in [0.05, 0.1) is 5.69 Å². The molecule has 0 bridgehead atoms. The van der Waals surface area contributed by atoms with E-state index in [4.69, 9.17) is 5.73 Å². The summed E-state index contributed by atoms with van der Waals surface area (Å²) < 4.78 is 0. The Kier molecular flexibility index (Phi) is 6.16. The number of hydrogen-bond donors (Lipinski definition) is 1. The zero-order valence-corrected chi connectivity index (χ0v) is 11.3. The molecule has 0 aliphatic rings. The van der Waals surface area contributed by atoms with E-state index >= 15 is 0 Å². The molecule has 17 heavy (non-hydrogen) atoms. The van der Waals surface area contributed by atoms with Crippen LogP contribution in [-0.2, 0) is 13.1 Å². The molecule has 96 valence electrons. The van der Waals surface area contributed by atoms with Crippen molar-refractivity contribution in [1.82, 2.24) is 9.88 Å². The maximum atomic E-state index is 5.71. The van der Waals surface area contributed by atoms with Crippen LogP contribution in [0.25, 0.3) is 0 Å². The van der Waals surface area contributed by atoms with E-state index < -0.39 is 0 Å². The van der Waals surface area contributed by atoms with Gasteiger partial charge in [0.2, 0.25) is 0 Å². The Balaban J connectivity index is 2.66. The summed E-state index contributed by atoms with van der Waals surface area (Å²) in [4.78, 5) is 6.79. The van der Waals surface area contributed by atoms with Crippen LogP contribution in [0.3, 0.4) is 0 Å². The molecule has 1 aromatic heterocycles. The molecular weight excluding hydrogens is 210 g/mol. The molecule has 1 aromatic rings. The van der Waals surface area contributed by atoms with Crippen molar-refractivity contribution in [2.24, 2.45) is 11.7 Å². The highest BCUT2D eigenvalue weighted by molar-refractivity contribution is 5.19. The fraction of sp³-hybridized carbons (Fsp3) is 0.643. The molecule has 0 spiro atoms. The van der Waals surface area contributed by atoms with E-state index in [9.17, 15) is 0 Å². The Hall–Kier alpha value is -0.930. The van der Waals surface area contributed by atoms with Crippen LogP contribution in [-0.4, -0.2) is 23.0 Å². The maximum Gasteiger partial charge on any atom is 0.0584 e. The summed E-state index contributed by atoms with van der Waals surface area (Å²) in [5.41, 5.74) is 8.00. The zero-order valence-electron chi connectivity index (χ0n) is 11.3. The van der Waals surface area contributed by atoms with Gasteiger partial charge in [0, 0.05) is 25.8 Å². The summed E-state index contributed by atoms with van der Waals surface area (Å²) in [5, 5.41) is 0. The summed E-state index contributed by atoms with van der Waals surface area (Å²) in [6, 6.07) is 4.13. The molecule has 1 unspecified atom stereocenters. The van der Waals surface area contributed by atoms with Crippen molar-refractivity contribution in [2.75, 3.05) is 13.1 Å². The molecule has 0 aliphatic heterocycles. The molecule has 3 heteroatoms. The lowest BCUT2D eigenvalue weighted by Gasteiger charge is -2.24. The Morgan fingerprint density at radius 2 is 2.18 bits per heavy atom. The number of aromatic nitrogens is 1. The molecule has 0 radical (unpaired) electrons. The van der Waals surface area contributed by atoms with Gasteiger partial charge in [0.1, 0.15) is 0 Å². The molecule has 0 aromatic carbocycles. The van der Waals surface area contributed by atoms with Crippen molar-refractivity contribution in [2.45, 2.75) is 40.3 Å². The second-order valence-electron chi connectivity index (χ2n) is 4.65. The van der Waals surface area contributed by atoms with Crippen LogP contribution in [0.5, 0.6) is 0 Å². The number of pyridine rings is 1. The highest BCUT2D eigenvalue weighted by Gasteiger charge is 2.10. The molecule has 0 saturated heterocycles. The molecule has 0 aliphatic carbocycles. The van der Waals surface area contributed by atoms with Gasteiger partial charge in [0.25, 0.3) is 0 Å². The first kappa shape index (κ1) is 14.1. The van der Waals surface area contributed by atoms with E-state index in [0.717, 1.165) is 31.2 Å². The predicted molar refractivity (Wildman–Crippen MR) is 72.5 cm³/mol. The Bertz CT molecular complexity index is 325. The summed E-state index contributed by atoms with van der Waals surface area (Å²) in [6.45, 7) is 10.5. The van der Waals surface area contributed by atoms with Crippen LogP contribution in [0.1, 0.15) is 38.4 Å². The van der Waals surface area contributed by atoms with Gasteiger partial charge in [0.15, 0.2) is 0 Å². The second kappa shape index (κ2) is 7.41. The smallest absolute Gasteiger partial charge is 0.0584 e. The van der Waals surface area contributed by atoms with E-state index in [2.05, 4.69) is 36.7 Å². The standard InChI is InChI=1S/C14H25N3/c1-4-12(3)10-17(5-2)11-13-7-6-8-16-14(13)9-15/h6-8,12H,4-5,9-11,15H2,1-3H3. The lowest BCUT2D eigenvalue weighted by molar-refractivity contribution is 0.237. The van der Waals surface area contributed by atoms with Gasteiger partial charge in [-0.3, -0.25) is 9.88 Å². The number of hydrogen-bond acceptors (Lipinski definition) is 3. The van der Waals surface area contributed by atoms with Crippen LogP contribution < -0.4 is 5.73 Å². The molecule has 2 N–H and O–H groups in total. The van der Waals surface area contributed by atoms with Gasteiger partial charge < -0.3 is 5.73 Å². The van der Waals surface area contributed by atoms with Crippen molar-refractivity contribution in [3.8, 4) is 0 Å². The van der Waals surface area contributed by atoms with E-state index in [-0.39, 0.29) is 0 Å². The van der Waals surface area contributed by atoms with Gasteiger partial charge in [-0.1, -0.05) is 33.3 Å². The minimum Gasteiger partial charge on any atom is -0.325 e. The maximum absolute atomic E-state index is 5.71. The number of rotatable bonds is 7. The van der Waals surface area contributed by atoms with Gasteiger partial charge in [-0.2, -0.15) is 0 Å². The van der Waals surface area contributed by atoms with E-state index in [1.165, 1.54) is 12.0 Å². The van der Waals surface area contributed by atoms with E-state index in [1.54, 1.807) is 0 Å². The van der Waals surface area contributed by atoms with Crippen LogP contribution in [0.2, 0.25) is 0 Å². The average Bonchev–Trinajstić information content (AvgIpc) is 2.38. The lowest BCUT2D eigenvalue weighted by Crippen LogP contribution is -2.28. The fourth-order valence-corrected chi connectivity index (χ4v) is 1.92. The molecule has 0 fully saturated rings. The van der Waals surface area contributed by atoms with Gasteiger partial charge in [-0.15, -0.1) is 0 Å². The Morgan fingerprint density at radius 1 is 1.41 bits per heavy atom. The second-order valence-corrected chi connectivity index (χ2v) is 4.65. The molecule has 0 amide bonds. The van der Waals surface area contributed by atoms with Crippen LogP contribution in [0.15, 0.2) is 18.3 Å². The van der Waals surface area contributed by atoms with Gasteiger partial charge >= 0.3 is 0 Å². The summed E-state index contributed by atoms with van der Waals surface area (Å²) in [5.74, 6) is 0.743. The Morgan fingerprint density at radius 3 is 2.76 bits per heavy atom. The highest BCUT2D eigenvalue weighted by Crippen LogP contribution is 2.11. The largest absolute Gasteiger partial charge is 0.325 e. The zero-order chi connectivity index (χ0) is 12.7. The Labute approximate surface area is 105 Å². The van der Waals surface area contributed by atoms with Crippen molar-refractivity contribution in [3.05, 3.63) is 29.6 Å². The predicted octanol–water partition coefficient (Wildman–Crippen LogP) is 2.41. The third-order valence-electron chi connectivity index (χ3n) is 3.29. The van der Waals surface area contributed by atoms with Crippen molar-refractivity contribution in [1.29, 1.82) is 0 Å². The summed E-state index contributed by atoms with van der Waals surface area (Å²) in [7, 11) is 0. The van der Waals surface area contributed by atoms with E-state index in [1.807, 2.05) is 12.3 Å². The fourth-order valence-electron chi connectivity index (χ4n) is 1.92. The summed E-state index contributed by atoms with van der Waals surface area (Å²) in [6.07, 6.45) is 3.05. The first-order valence-electron chi connectivity index (χ1n) is 6.56. The SMILES string of the molecule is CCC(C)CN(CC)Cc1cccnc1CN. The van der Waals surface area contributed by atoms with Crippen molar-refractivity contribution >= 4 is 0 Å². The van der Waals surface area contributed by atoms with Crippen LogP contribution >= 0.6 is 0 Å². The average molecular weight is 235 g/mol. The molecular formula is C14H25N3. The molecule has 1 heterocycles. The first-order chi connectivity index (χ1) is 8.21. The highest BCUT2D eigenvalue weighted by atomic mass is 15.1. The minimum atomic E-state index is 0.525. The molecule has 1 rings (SSSR count). The third kappa shape index (κ3) is 4.44. The lowest BCUT2D eigenvalue weighted by atomic mass is 10.1. The monoisotopic (exact) mass is 235 g/mol. The third-order valence-corrected chi connectivity index (χ3v) is 3.29. The normalized spacial score (nSPS) is 13.0. The van der Waals surface area contributed by atoms with Gasteiger partial charge in [-0.05, 0) is 24.1 Å². The number of nitrogens with zero attached hydrogens (tertiary/aromatic N) is 2. The van der Waals surface area contributed by atoms with Crippen molar-refractivity contribution in [3.63, 3.8) is 0 Å².